The van der Waals surface area contributed by atoms with Crippen molar-refractivity contribution in [3.8, 4) is 11.5 Å². The van der Waals surface area contributed by atoms with Crippen molar-refractivity contribution in [3.05, 3.63) is 60.7 Å². The number of hydrogen-bond donors (Lipinski definition) is 0. The fraction of sp³-hybridized carbons (Fsp3) is 0.333. The van der Waals surface area contributed by atoms with Crippen LogP contribution in [0.15, 0.2) is 48.5 Å². The molecule has 0 aliphatic carbocycles. The fourth-order valence-electron chi connectivity index (χ4n) is 1.02. The van der Waals surface area contributed by atoms with Gasteiger partial charge in [0.05, 0.1) is 14.2 Å². The largest absolute Gasteiger partial charge is 0.522 e. The molecule has 0 aromatic heterocycles. The van der Waals surface area contributed by atoms with Gasteiger partial charge in [-0.2, -0.15) is 36.4 Å². The maximum atomic E-state index is 4.89. The van der Waals surface area contributed by atoms with Gasteiger partial charge in [-0.05, 0) is 0 Å². The van der Waals surface area contributed by atoms with Crippen LogP contribution in [-0.2, 0) is 32.7 Å². The molecule has 119 valence electrons. The van der Waals surface area contributed by atoms with Gasteiger partial charge in [-0.3, -0.25) is 0 Å². The van der Waals surface area contributed by atoms with E-state index >= 15 is 0 Å². The topological polar surface area (TPSA) is 18.5 Å². The molecule has 0 atom stereocenters. The van der Waals surface area contributed by atoms with Gasteiger partial charge in [0, 0.05) is 44.2 Å². The predicted octanol–water partition coefficient (Wildman–Crippen LogP) is 5.53. The van der Waals surface area contributed by atoms with Crippen LogP contribution in [0, 0.1) is 12.1 Å². The van der Waals surface area contributed by atoms with Crippen molar-refractivity contribution in [2.45, 2.75) is 29.7 Å². The molecule has 0 saturated heterocycles. The van der Waals surface area contributed by atoms with E-state index in [1.54, 1.807) is 14.2 Å². The first-order valence-corrected chi connectivity index (χ1v) is 4.87. The number of methoxy groups -OCH3 is 2. The summed E-state index contributed by atoms with van der Waals surface area (Å²) in [6.07, 6.45) is 0. The maximum Gasteiger partial charge on any atom is 0.0743 e. The summed E-state index contributed by atoms with van der Waals surface area (Å²) in [5.74, 6) is 1.76. The van der Waals surface area contributed by atoms with Crippen LogP contribution in [0.25, 0.3) is 0 Å². The van der Waals surface area contributed by atoms with Gasteiger partial charge < -0.3 is 9.47 Å². The molecule has 2 aromatic carbocycles. The van der Waals surface area contributed by atoms with Gasteiger partial charge in [0.25, 0.3) is 0 Å². The van der Waals surface area contributed by atoms with Crippen LogP contribution >= 0.6 is 0 Å². The molecule has 0 amide bonds. The molecule has 3 heteroatoms. The van der Waals surface area contributed by atoms with E-state index in [1.165, 1.54) is 0 Å². The van der Waals surface area contributed by atoms with Crippen LogP contribution in [-0.4, -0.2) is 14.2 Å². The van der Waals surface area contributed by atoms with E-state index in [9.17, 15) is 0 Å². The van der Waals surface area contributed by atoms with Crippen molar-refractivity contribution in [2.75, 3.05) is 14.2 Å². The molecule has 0 N–H and O–H groups in total. The summed E-state index contributed by atoms with van der Waals surface area (Å²) < 4.78 is 9.79. The molecular weight excluding hydrogens is 337 g/mol. The Morgan fingerprint density at radius 1 is 0.619 bits per heavy atom. The molecule has 0 bridgehead atoms. The van der Waals surface area contributed by atoms with E-state index in [-0.39, 0.29) is 62.4 Å². The Morgan fingerprint density at radius 2 is 0.857 bits per heavy atom. The monoisotopic (exact) mass is 367 g/mol. The molecular formula is C18H30O2Y-2. The molecule has 0 aliphatic heterocycles. The molecule has 0 spiro atoms. The number of hydrogen-bond acceptors (Lipinski definition) is 2. The number of benzene rings is 2. The van der Waals surface area contributed by atoms with E-state index in [2.05, 4.69) is 12.1 Å². The second-order valence-corrected chi connectivity index (χ2v) is 2.88. The molecule has 1 radical (unpaired) electrons. The third-order valence-electron chi connectivity index (χ3n) is 1.85. The van der Waals surface area contributed by atoms with Crippen LogP contribution in [0.4, 0.5) is 0 Å². The van der Waals surface area contributed by atoms with Gasteiger partial charge >= 0.3 is 0 Å². The normalized spacial score (nSPS) is 6.57. The summed E-state index contributed by atoms with van der Waals surface area (Å²) in [5.41, 5.74) is 0. The summed E-state index contributed by atoms with van der Waals surface area (Å²) in [5, 5.41) is 0. The van der Waals surface area contributed by atoms with Crippen LogP contribution < -0.4 is 9.47 Å². The summed E-state index contributed by atoms with van der Waals surface area (Å²) in [6.45, 7) is 0. The zero-order valence-corrected chi connectivity index (χ0v) is 12.9. The minimum absolute atomic E-state index is 0. The Morgan fingerprint density at radius 3 is 1.00 bits per heavy atom. The maximum absolute atomic E-state index is 4.89. The van der Waals surface area contributed by atoms with E-state index in [1.807, 2.05) is 48.5 Å². The van der Waals surface area contributed by atoms with E-state index in [0.717, 1.165) is 11.5 Å². The average molecular weight is 367 g/mol. The Hall–Kier alpha value is -0.856. The molecule has 0 aliphatic rings. The van der Waals surface area contributed by atoms with Crippen LogP contribution in [0.2, 0.25) is 0 Å². The van der Waals surface area contributed by atoms with Crippen molar-refractivity contribution in [1.29, 1.82) is 0 Å². The minimum atomic E-state index is 0. The third-order valence-corrected chi connectivity index (χ3v) is 1.85. The van der Waals surface area contributed by atoms with Crippen LogP contribution in [0.1, 0.15) is 29.7 Å². The smallest absolute Gasteiger partial charge is 0.0743 e. The molecule has 2 aromatic rings. The molecule has 0 saturated carbocycles. The number of rotatable bonds is 2. The summed E-state index contributed by atoms with van der Waals surface area (Å²) in [6, 6.07) is 20.5. The molecule has 2 nitrogen and oxygen atoms in total. The van der Waals surface area contributed by atoms with Crippen molar-refractivity contribution >= 4 is 0 Å². The second-order valence-electron chi connectivity index (χ2n) is 2.88. The molecule has 21 heavy (non-hydrogen) atoms. The summed E-state index contributed by atoms with van der Waals surface area (Å²) >= 11 is 0. The van der Waals surface area contributed by atoms with Gasteiger partial charge in [-0.25, -0.2) is 0 Å². The molecule has 0 unspecified atom stereocenters. The van der Waals surface area contributed by atoms with Crippen molar-refractivity contribution in [2.24, 2.45) is 0 Å². The van der Waals surface area contributed by atoms with E-state index in [0.29, 0.717) is 0 Å². The predicted molar refractivity (Wildman–Crippen MR) is 90.6 cm³/mol. The van der Waals surface area contributed by atoms with Gasteiger partial charge in [0.1, 0.15) is 0 Å². The zero-order valence-electron chi connectivity index (χ0n) is 10.0. The molecule has 2 rings (SSSR count). The van der Waals surface area contributed by atoms with Crippen molar-refractivity contribution in [1.82, 2.24) is 0 Å². The quantitative estimate of drug-likeness (QED) is 0.650. The van der Waals surface area contributed by atoms with Crippen LogP contribution in [0.5, 0.6) is 11.5 Å². The first-order chi connectivity index (χ1) is 7.86. The summed E-state index contributed by atoms with van der Waals surface area (Å²) in [4.78, 5) is 0. The second kappa shape index (κ2) is 21.4. The number of ether oxygens (including phenoxy) is 2. The SMILES string of the molecule is C.C.C.C.COc1cc[c-]cc1.COc1cc[c-]cc1.[Y]. The standard InChI is InChI=1S/2C7H7O.4CH4.Y/c2*1-8-7-5-3-2-4-6-7;;;;;/h2*3-6H,1H3;4*1H4;/q2*-1;;;;;. The third kappa shape index (κ3) is 15.4. The van der Waals surface area contributed by atoms with Gasteiger partial charge in [-0.1, -0.05) is 29.7 Å². The fourth-order valence-corrected chi connectivity index (χ4v) is 1.02. The Balaban J connectivity index is -0.0000000656. The Labute approximate surface area is 157 Å². The average Bonchev–Trinajstić information content (AvgIpc) is 2.41. The first kappa shape index (κ1) is 32.2. The van der Waals surface area contributed by atoms with E-state index < -0.39 is 0 Å². The summed E-state index contributed by atoms with van der Waals surface area (Å²) in [7, 11) is 3.30. The van der Waals surface area contributed by atoms with Gasteiger partial charge in [-0.15, -0.1) is 24.3 Å². The minimum Gasteiger partial charge on any atom is -0.522 e. The van der Waals surface area contributed by atoms with E-state index in [4.69, 9.17) is 9.47 Å². The molecule has 0 heterocycles. The Bertz CT molecular complexity index is 337. The molecule has 0 fully saturated rings. The van der Waals surface area contributed by atoms with Gasteiger partial charge in [0.15, 0.2) is 0 Å². The Kier molecular flexibility index (Phi) is 32.9. The van der Waals surface area contributed by atoms with Crippen LogP contribution in [0.3, 0.4) is 0 Å². The van der Waals surface area contributed by atoms with Gasteiger partial charge in [0.2, 0.25) is 0 Å². The zero-order chi connectivity index (χ0) is 11.6. The van der Waals surface area contributed by atoms with Crippen molar-refractivity contribution in [3.63, 3.8) is 0 Å². The first-order valence-electron chi connectivity index (χ1n) is 4.87. The van der Waals surface area contributed by atoms with Crippen molar-refractivity contribution < 1.29 is 42.2 Å².